The molecule has 0 aliphatic rings. The smallest absolute Gasteiger partial charge is 0.272 e. The van der Waals surface area contributed by atoms with Crippen molar-refractivity contribution in [3.63, 3.8) is 0 Å². The van der Waals surface area contributed by atoms with Gasteiger partial charge in [0.05, 0.1) is 0 Å². The van der Waals surface area contributed by atoms with Crippen LogP contribution in [0.3, 0.4) is 0 Å². The highest BCUT2D eigenvalue weighted by atomic mass is 16.2. The van der Waals surface area contributed by atoms with E-state index in [0.29, 0.717) is 16.8 Å². The van der Waals surface area contributed by atoms with Gasteiger partial charge in [0, 0.05) is 16.9 Å². The summed E-state index contributed by atoms with van der Waals surface area (Å²) in [7, 11) is 0. The van der Waals surface area contributed by atoms with Crippen molar-refractivity contribution in [2.45, 2.75) is 27.7 Å². The van der Waals surface area contributed by atoms with Gasteiger partial charge in [0.2, 0.25) is 0 Å². The number of nitrogens with one attached hydrogen (secondary N) is 2. The Morgan fingerprint density at radius 3 is 2.15 bits per heavy atom. The van der Waals surface area contributed by atoms with Gasteiger partial charge in [0.25, 0.3) is 5.91 Å². The number of hydrogen-bond donors (Lipinski definition) is 2. The fourth-order valence-electron chi connectivity index (χ4n) is 2.34. The van der Waals surface area contributed by atoms with Gasteiger partial charge < -0.3 is 10.3 Å². The first kappa shape index (κ1) is 14.1. The number of H-pyrrole nitrogens is 1. The highest BCUT2D eigenvalue weighted by Gasteiger charge is 2.19. The predicted molar refractivity (Wildman–Crippen MR) is 79.4 cm³/mol. The second-order valence-electron chi connectivity index (χ2n) is 5.00. The van der Waals surface area contributed by atoms with Gasteiger partial charge in [0.15, 0.2) is 5.78 Å². The summed E-state index contributed by atoms with van der Waals surface area (Å²) < 4.78 is 0. The van der Waals surface area contributed by atoms with Gasteiger partial charge in [-0.05, 0) is 45.4 Å². The van der Waals surface area contributed by atoms with Crippen molar-refractivity contribution < 1.29 is 9.59 Å². The number of aromatic nitrogens is 1. The highest BCUT2D eigenvalue weighted by Crippen LogP contribution is 2.20. The summed E-state index contributed by atoms with van der Waals surface area (Å²) in [6.45, 7) is 7.07. The molecule has 1 aromatic carbocycles. The first-order chi connectivity index (χ1) is 9.40. The molecule has 4 nitrogen and oxygen atoms in total. The minimum absolute atomic E-state index is 0.0364. The summed E-state index contributed by atoms with van der Waals surface area (Å²) in [6.07, 6.45) is 0. The average Bonchev–Trinajstić information content (AvgIpc) is 2.67. The number of benzene rings is 1. The molecule has 1 heterocycles. The molecule has 4 heteroatoms. The molecule has 0 spiro atoms. The molecule has 1 amide bonds. The average molecular weight is 270 g/mol. The van der Waals surface area contributed by atoms with Crippen molar-refractivity contribution in [2.75, 3.05) is 5.32 Å². The first-order valence-corrected chi connectivity index (χ1v) is 6.48. The van der Waals surface area contributed by atoms with Crippen molar-refractivity contribution in [3.05, 3.63) is 52.3 Å². The van der Waals surface area contributed by atoms with Crippen LogP contribution in [0.15, 0.2) is 24.3 Å². The SMILES string of the molecule is CC(=O)c1c(C)[nH]c(C(=O)Nc2ccc(C)cc2)c1C. The maximum absolute atomic E-state index is 12.3. The zero-order valence-electron chi connectivity index (χ0n) is 12.1. The Balaban J connectivity index is 2.28. The Bertz CT molecular complexity index is 667. The van der Waals surface area contributed by atoms with E-state index in [-0.39, 0.29) is 11.7 Å². The molecular weight excluding hydrogens is 252 g/mol. The molecule has 2 rings (SSSR count). The number of hydrogen-bond acceptors (Lipinski definition) is 2. The van der Waals surface area contributed by atoms with Crippen LogP contribution in [-0.4, -0.2) is 16.7 Å². The van der Waals surface area contributed by atoms with E-state index in [4.69, 9.17) is 0 Å². The molecule has 2 N–H and O–H groups in total. The van der Waals surface area contributed by atoms with E-state index in [1.54, 1.807) is 13.8 Å². The normalized spacial score (nSPS) is 10.4. The Hall–Kier alpha value is -2.36. The number of carbonyl (C=O) groups is 2. The van der Waals surface area contributed by atoms with Gasteiger partial charge in [-0.3, -0.25) is 9.59 Å². The zero-order chi connectivity index (χ0) is 14.9. The molecule has 0 atom stereocenters. The number of anilines is 1. The summed E-state index contributed by atoms with van der Waals surface area (Å²) in [6, 6.07) is 7.57. The van der Waals surface area contributed by atoms with Gasteiger partial charge >= 0.3 is 0 Å². The van der Waals surface area contributed by atoms with E-state index in [1.807, 2.05) is 31.2 Å². The van der Waals surface area contributed by atoms with Gasteiger partial charge in [-0.15, -0.1) is 0 Å². The molecule has 20 heavy (non-hydrogen) atoms. The van der Waals surface area contributed by atoms with Crippen LogP contribution in [-0.2, 0) is 0 Å². The first-order valence-electron chi connectivity index (χ1n) is 6.48. The second-order valence-corrected chi connectivity index (χ2v) is 5.00. The molecule has 0 radical (unpaired) electrons. The molecule has 0 fully saturated rings. The maximum Gasteiger partial charge on any atom is 0.272 e. The largest absolute Gasteiger partial charge is 0.354 e. The van der Waals surface area contributed by atoms with E-state index in [0.717, 1.165) is 16.9 Å². The number of rotatable bonds is 3. The van der Waals surface area contributed by atoms with Crippen molar-refractivity contribution >= 4 is 17.4 Å². The quantitative estimate of drug-likeness (QED) is 0.840. The molecule has 2 aromatic rings. The number of Topliss-reactive ketones (excluding diaryl/α,β-unsaturated/α-hetero) is 1. The lowest BCUT2D eigenvalue weighted by atomic mass is 10.1. The summed E-state index contributed by atoms with van der Waals surface area (Å²) in [4.78, 5) is 26.8. The molecular formula is C16H18N2O2. The summed E-state index contributed by atoms with van der Waals surface area (Å²) in [5.41, 5.74) is 4.32. The molecule has 0 saturated carbocycles. The van der Waals surface area contributed by atoms with Crippen molar-refractivity contribution in [3.8, 4) is 0 Å². The van der Waals surface area contributed by atoms with Crippen LogP contribution in [0, 0.1) is 20.8 Å². The van der Waals surface area contributed by atoms with Gasteiger partial charge in [-0.25, -0.2) is 0 Å². The Labute approximate surface area is 118 Å². The zero-order valence-corrected chi connectivity index (χ0v) is 12.1. The lowest BCUT2D eigenvalue weighted by Gasteiger charge is -2.05. The lowest BCUT2D eigenvalue weighted by molar-refractivity contribution is 0.101. The van der Waals surface area contributed by atoms with Crippen LogP contribution in [0.25, 0.3) is 0 Å². The monoisotopic (exact) mass is 270 g/mol. The fraction of sp³-hybridized carbons (Fsp3) is 0.250. The molecule has 0 aliphatic carbocycles. The molecule has 104 valence electrons. The van der Waals surface area contributed by atoms with Crippen LogP contribution in [0.2, 0.25) is 0 Å². The Morgan fingerprint density at radius 2 is 1.65 bits per heavy atom. The summed E-state index contributed by atoms with van der Waals surface area (Å²) >= 11 is 0. The topological polar surface area (TPSA) is 62.0 Å². The minimum atomic E-state index is -0.234. The standard InChI is InChI=1S/C16H18N2O2/c1-9-5-7-13(8-6-9)18-16(20)15-10(2)14(12(4)19)11(3)17-15/h5-8,17H,1-4H3,(H,18,20). The minimum Gasteiger partial charge on any atom is -0.354 e. The van der Waals surface area contributed by atoms with Crippen LogP contribution in [0.5, 0.6) is 0 Å². The van der Waals surface area contributed by atoms with Gasteiger partial charge in [-0.2, -0.15) is 0 Å². The van der Waals surface area contributed by atoms with E-state index in [9.17, 15) is 9.59 Å². The highest BCUT2D eigenvalue weighted by molar-refractivity contribution is 6.07. The predicted octanol–water partition coefficient (Wildman–Crippen LogP) is 3.39. The van der Waals surface area contributed by atoms with Crippen molar-refractivity contribution in [1.82, 2.24) is 4.98 Å². The van der Waals surface area contributed by atoms with Crippen LogP contribution < -0.4 is 5.32 Å². The number of aromatic amines is 1. The third-order valence-electron chi connectivity index (χ3n) is 3.33. The van der Waals surface area contributed by atoms with Gasteiger partial charge in [-0.1, -0.05) is 17.7 Å². The third kappa shape index (κ3) is 2.64. The number of ketones is 1. The van der Waals surface area contributed by atoms with Crippen LogP contribution in [0.1, 0.15) is 44.6 Å². The number of amides is 1. The lowest BCUT2D eigenvalue weighted by Crippen LogP contribution is -2.13. The van der Waals surface area contributed by atoms with Crippen LogP contribution >= 0.6 is 0 Å². The third-order valence-corrected chi connectivity index (χ3v) is 3.33. The summed E-state index contributed by atoms with van der Waals surface area (Å²) in [5.74, 6) is -0.271. The van der Waals surface area contributed by atoms with E-state index in [1.165, 1.54) is 6.92 Å². The Morgan fingerprint density at radius 1 is 1.05 bits per heavy atom. The molecule has 0 unspecified atom stereocenters. The van der Waals surface area contributed by atoms with E-state index >= 15 is 0 Å². The van der Waals surface area contributed by atoms with Gasteiger partial charge in [0.1, 0.15) is 5.69 Å². The van der Waals surface area contributed by atoms with Crippen LogP contribution in [0.4, 0.5) is 5.69 Å². The summed E-state index contributed by atoms with van der Waals surface area (Å²) in [5, 5.41) is 2.82. The molecule has 0 bridgehead atoms. The Kier molecular flexibility index (Phi) is 3.74. The van der Waals surface area contributed by atoms with E-state index in [2.05, 4.69) is 10.3 Å². The number of aryl methyl sites for hydroxylation is 2. The molecule has 0 aliphatic heterocycles. The number of carbonyl (C=O) groups excluding carboxylic acids is 2. The molecule has 1 aromatic heterocycles. The molecule has 0 saturated heterocycles. The van der Waals surface area contributed by atoms with E-state index < -0.39 is 0 Å². The fourth-order valence-corrected chi connectivity index (χ4v) is 2.34. The maximum atomic E-state index is 12.3. The van der Waals surface area contributed by atoms with Crippen molar-refractivity contribution in [1.29, 1.82) is 0 Å². The second kappa shape index (κ2) is 5.33. The van der Waals surface area contributed by atoms with Crippen molar-refractivity contribution in [2.24, 2.45) is 0 Å².